The van der Waals surface area contributed by atoms with E-state index in [4.69, 9.17) is 4.74 Å². The Labute approximate surface area is 182 Å². The topological polar surface area (TPSA) is 79.5 Å². The van der Waals surface area contributed by atoms with Crippen LogP contribution < -0.4 is 20.7 Å². The molecule has 6 heteroatoms. The van der Waals surface area contributed by atoms with Gasteiger partial charge in [0.05, 0.1) is 0 Å². The van der Waals surface area contributed by atoms with Crippen molar-refractivity contribution in [2.45, 2.75) is 19.9 Å². The van der Waals surface area contributed by atoms with E-state index in [1.54, 1.807) is 19.2 Å². The minimum Gasteiger partial charge on any atom is -0.484 e. The zero-order valence-electron chi connectivity index (χ0n) is 17.9. The van der Waals surface area contributed by atoms with Crippen molar-refractivity contribution in [1.29, 1.82) is 0 Å². The van der Waals surface area contributed by atoms with Crippen LogP contribution in [0.3, 0.4) is 0 Å². The molecule has 0 heterocycles. The van der Waals surface area contributed by atoms with Crippen molar-refractivity contribution in [2.75, 3.05) is 24.3 Å². The summed E-state index contributed by atoms with van der Waals surface area (Å²) < 4.78 is 5.52. The number of anilines is 2. The maximum atomic E-state index is 13.2. The summed E-state index contributed by atoms with van der Waals surface area (Å²) in [6.07, 6.45) is 0. The van der Waals surface area contributed by atoms with Crippen LogP contribution in [0.5, 0.6) is 5.75 Å². The zero-order chi connectivity index (χ0) is 22.2. The second-order valence-corrected chi connectivity index (χ2v) is 7.34. The van der Waals surface area contributed by atoms with E-state index in [1.165, 1.54) is 0 Å². The van der Waals surface area contributed by atoms with Gasteiger partial charge in [0, 0.05) is 24.5 Å². The summed E-state index contributed by atoms with van der Waals surface area (Å²) in [6, 6.07) is 22.1. The van der Waals surface area contributed by atoms with Crippen LogP contribution in [0, 0.1) is 13.8 Å². The van der Waals surface area contributed by atoms with Crippen molar-refractivity contribution in [3.63, 3.8) is 0 Å². The number of likely N-dealkylation sites (N-methyl/N-ethyl adjacent to an activating group) is 1. The van der Waals surface area contributed by atoms with Gasteiger partial charge in [-0.25, -0.2) is 0 Å². The van der Waals surface area contributed by atoms with Gasteiger partial charge in [-0.3, -0.25) is 9.59 Å². The number of benzene rings is 3. The van der Waals surface area contributed by atoms with Gasteiger partial charge in [0.2, 0.25) is 0 Å². The number of hydrogen-bond acceptors (Lipinski definition) is 4. The number of ether oxygens (including phenoxy) is 1. The van der Waals surface area contributed by atoms with Crippen molar-refractivity contribution in [3.8, 4) is 5.75 Å². The molecule has 6 nitrogen and oxygen atoms in total. The van der Waals surface area contributed by atoms with Crippen LogP contribution in [0.25, 0.3) is 0 Å². The van der Waals surface area contributed by atoms with Crippen molar-refractivity contribution >= 4 is 23.2 Å². The molecule has 0 aliphatic rings. The fourth-order valence-corrected chi connectivity index (χ4v) is 3.27. The fourth-order valence-electron chi connectivity index (χ4n) is 3.27. The lowest BCUT2D eigenvalue weighted by Crippen LogP contribution is -2.27. The Morgan fingerprint density at radius 1 is 0.871 bits per heavy atom. The molecule has 0 aliphatic carbocycles. The Hall–Kier alpha value is -3.80. The third-order valence-electron chi connectivity index (χ3n) is 4.68. The number of hydrogen-bond donors (Lipinski definition) is 3. The normalized spacial score (nSPS) is 11.3. The van der Waals surface area contributed by atoms with Gasteiger partial charge in [-0.05, 0) is 54.8 Å². The number of carbonyl (C=O) groups is 2. The summed E-state index contributed by atoms with van der Waals surface area (Å²) in [4.78, 5) is 24.7. The summed E-state index contributed by atoms with van der Waals surface area (Å²) >= 11 is 0. The number of carbonyl (C=O) groups excluding carboxylic acids is 2. The molecule has 0 aliphatic heterocycles. The van der Waals surface area contributed by atoms with Gasteiger partial charge in [-0.1, -0.05) is 42.5 Å². The van der Waals surface area contributed by atoms with E-state index in [0.717, 1.165) is 22.4 Å². The number of nitrogens with one attached hydrogen (secondary N) is 3. The van der Waals surface area contributed by atoms with Crippen LogP contribution >= 0.6 is 0 Å². The first-order valence-corrected chi connectivity index (χ1v) is 10.1. The summed E-state index contributed by atoms with van der Waals surface area (Å²) in [6.45, 7) is 3.93. The largest absolute Gasteiger partial charge is 0.484 e. The van der Waals surface area contributed by atoms with E-state index in [-0.39, 0.29) is 18.4 Å². The average Bonchev–Trinajstić information content (AvgIpc) is 2.76. The number of rotatable bonds is 8. The molecule has 2 amide bonds. The van der Waals surface area contributed by atoms with Gasteiger partial charge in [0.15, 0.2) is 6.61 Å². The molecule has 3 N–H and O–H groups in total. The molecule has 3 aromatic carbocycles. The molecule has 160 valence electrons. The van der Waals surface area contributed by atoms with Crippen LogP contribution in [0.1, 0.15) is 22.7 Å². The highest BCUT2D eigenvalue weighted by molar-refractivity contribution is 5.97. The van der Waals surface area contributed by atoms with E-state index in [2.05, 4.69) is 22.0 Å². The highest BCUT2D eigenvalue weighted by Gasteiger charge is 2.21. The van der Waals surface area contributed by atoms with E-state index in [0.29, 0.717) is 11.4 Å². The fraction of sp³-hybridized carbons (Fsp3) is 0.200. The van der Waals surface area contributed by atoms with Crippen LogP contribution in [0.2, 0.25) is 0 Å². The third-order valence-corrected chi connectivity index (χ3v) is 4.68. The smallest absolute Gasteiger partial charge is 0.257 e. The van der Waals surface area contributed by atoms with Crippen LogP contribution in [0.15, 0.2) is 72.8 Å². The lowest BCUT2D eigenvalue weighted by Gasteiger charge is -2.21. The van der Waals surface area contributed by atoms with Crippen LogP contribution in [-0.4, -0.2) is 25.5 Å². The standard InChI is InChI=1S/C25H27N3O3/c1-17-12-18(2)14-21(13-17)28-25(30)24(19-8-5-4-6-9-19)27-20-10-7-11-22(15-20)31-16-23(29)26-3/h4-15,24,27H,16H2,1-3H3,(H,26,29)(H,28,30). The van der Waals surface area contributed by atoms with E-state index >= 15 is 0 Å². The monoisotopic (exact) mass is 417 g/mol. The minimum absolute atomic E-state index is 0.0741. The SMILES string of the molecule is CNC(=O)COc1cccc(NC(C(=O)Nc2cc(C)cc(C)c2)c2ccccc2)c1. The lowest BCUT2D eigenvalue weighted by atomic mass is 10.0. The molecular weight excluding hydrogens is 390 g/mol. The molecule has 1 atom stereocenters. The molecule has 0 fully saturated rings. The summed E-state index contributed by atoms with van der Waals surface area (Å²) in [5.74, 6) is 0.149. The Balaban J connectivity index is 1.81. The minimum atomic E-state index is -0.615. The van der Waals surface area contributed by atoms with Crippen LogP contribution in [0.4, 0.5) is 11.4 Å². The Kier molecular flexibility index (Phi) is 7.27. The Bertz CT molecular complexity index is 1030. The maximum absolute atomic E-state index is 13.2. The molecule has 1 unspecified atom stereocenters. The van der Waals surface area contributed by atoms with Gasteiger partial charge in [0.25, 0.3) is 11.8 Å². The maximum Gasteiger partial charge on any atom is 0.257 e. The first-order chi connectivity index (χ1) is 14.9. The van der Waals surface area contributed by atoms with Gasteiger partial charge in [-0.15, -0.1) is 0 Å². The third kappa shape index (κ3) is 6.34. The van der Waals surface area contributed by atoms with Crippen molar-refractivity contribution in [3.05, 3.63) is 89.5 Å². The quantitative estimate of drug-likeness (QED) is 0.513. The Morgan fingerprint density at radius 3 is 2.26 bits per heavy atom. The molecule has 0 aromatic heterocycles. The zero-order valence-corrected chi connectivity index (χ0v) is 17.9. The van der Waals surface area contributed by atoms with E-state index < -0.39 is 6.04 Å². The predicted octanol–water partition coefficient (Wildman–Crippen LogP) is 4.22. The second kappa shape index (κ2) is 10.3. The summed E-state index contributed by atoms with van der Waals surface area (Å²) in [5, 5.41) is 8.83. The number of amides is 2. The lowest BCUT2D eigenvalue weighted by molar-refractivity contribution is -0.122. The molecule has 0 saturated heterocycles. The summed E-state index contributed by atoms with van der Waals surface area (Å²) in [5.41, 5.74) is 4.47. The predicted molar refractivity (Wildman–Crippen MR) is 123 cm³/mol. The molecule has 3 rings (SSSR count). The average molecular weight is 418 g/mol. The second-order valence-electron chi connectivity index (χ2n) is 7.34. The van der Waals surface area contributed by atoms with Gasteiger partial charge in [0.1, 0.15) is 11.8 Å². The van der Waals surface area contributed by atoms with Crippen molar-refractivity contribution in [1.82, 2.24) is 5.32 Å². The molecule has 0 saturated carbocycles. The molecule has 31 heavy (non-hydrogen) atoms. The first kappa shape index (κ1) is 21.9. The van der Waals surface area contributed by atoms with Crippen LogP contribution in [-0.2, 0) is 9.59 Å². The van der Waals surface area contributed by atoms with Crippen molar-refractivity contribution < 1.29 is 14.3 Å². The van der Waals surface area contributed by atoms with E-state index in [1.807, 2.05) is 68.4 Å². The first-order valence-electron chi connectivity index (χ1n) is 10.1. The highest BCUT2D eigenvalue weighted by Crippen LogP contribution is 2.25. The number of aryl methyl sites for hydroxylation is 2. The molecule has 0 spiro atoms. The van der Waals surface area contributed by atoms with Gasteiger partial charge >= 0.3 is 0 Å². The van der Waals surface area contributed by atoms with E-state index in [9.17, 15) is 9.59 Å². The molecule has 0 bridgehead atoms. The summed E-state index contributed by atoms with van der Waals surface area (Å²) in [7, 11) is 1.56. The van der Waals surface area contributed by atoms with Gasteiger partial charge in [-0.2, -0.15) is 0 Å². The Morgan fingerprint density at radius 2 is 1.58 bits per heavy atom. The molecule has 3 aromatic rings. The van der Waals surface area contributed by atoms with Gasteiger partial charge < -0.3 is 20.7 Å². The highest BCUT2D eigenvalue weighted by atomic mass is 16.5. The molecule has 0 radical (unpaired) electrons. The van der Waals surface area contributed by atoms with Crippen molar-refractivity contribution in [2.24, 2.45) is 0 Å². The molecular formula is C25H27N3O3.